The molecule has 1 amide bonds. The minimum atomic E-state index is -3.67. The van der Waals surface area contributed by atoms with E-state index in [1.807, 2.05) is 31.2 Å². The molecule has 0 bridgehead atoms. The van der Waals surface area contributed by atoms with Gasteiger partial charge in [0.15, 0.2) is 5.13 Å². The number of carbonyl (C=O) groups excluding carboxylic acids is 1. The number of carbonyl (C=O) groups is 1. The number of hydrogen-bond acceptors (Lipinski definition) is 6. The Bertz CT molecular complexity index is 1450. The van der Waals surface area contributed by atoms with Crippen LogP contribution in [-0.2, 0) is 21.4 Å². The maximum absolute atomic E-state index is 14.0. The Morgan fingerprint density at radius 1 is 1.08 bits per heavy atom. The highest BCUT2D eigenvalue weighted by atomic mass is 32.2. The summed E-state index contributed by atoms with van der Waals surface area (Å²) in [6, 6.07) is 18.2. The lowest BCUT2D eigenvalue weighted by atomic mass is 9.98. The Labute approximate surface area is 215 Å². The fourth-order valence-corrected chi connectivity index (χ4v) is 7.10. The van der Waals surface area contributed by atoms with Crippen molar-refractivity contribution in [2.24, 2.45) is 5.92 Å². The molecule has 1 fully saturated rings. The second kappa shape index (κ2) is 10.1. The first-order valence-corrected chi connectivity index (χ1v) is 14.2. The van der Waals surface area contributed by atoms with E-state index in [1.54, 1.807) is 41.4 Å². The summed E-state index contributed by atoms with van der Waals surface area (Å²) < 4.78 is 29.0. The monoisotopic (exact) mass is 520 g/mol. The van der Waals surface area contributed by atoms with Crippen molar-refractivity contribution in [3.63, 3.8) is 0 Å². The highest BCUT2D eigenvalue weighted by Crippen LogP contribution is 2.34. The molecule has 9 heteroatoms. The number of anilines is 1. The Morgan fingerprint density at radius 3 is 2.58 bits per heavy atom. The van der Waals surface area contributed by atoms with E-state index in [4.69, 9.17) is 4.98 Å². The highest BCUT2D eigenvalue weighted by Gasteiger charge is 2.36. The Kier molecular flexibility index (Phi) is 6.87. The Balaban J connectivity index is 1.47. The third-order valence-electron chi connectivity index (χ3n) is 6.65. The number of piperidine rings is 1. The molecule has 0 saturated carbocycles. The number of nitrogens with zero attached hydrogens (tertiary/aromatic N) is 4. The van der Waals surface area contributed by atoms with E-state index < -0.39 is 15.9 Å². The van der Waals surface area contributed by atoms with Crippen LogP contribution >= 0.6 is 11.3 Å². The molecule has 2 aromatic carbocycles. The molecule has 5 rings (SSSR count). The fourth-order valence-electron chi connectivity index (χ4n) is 4.50. The van der Waals surface area contributed by atoms with Crippen molar-refractivity contribution in [1.29, 1.82) is 0 Å². The smallest absolute Gasteiger partial charge is 0.243 e. The molecular weight excluding hydrogens is 492 g/mol. The zero-order chi connectivity index (χ0) is 25.3. The van der Waals surface area contributed by atoms with Crippen LogP contribution in [0.4, 0.5) is 5.13 Å². The third kappa shape index (κ3) is 4.91. The minimum absolute atomic E-state index is 0.124. The van der Waals surface area contributed by atoms with Crippen LogP contribution in [0.2, 0.25) is 0 Å². The average Bonchev–Trinajstić information content (AvgIpc) is 3.30. The Morgan fingerprint density at radius 2 is 1.83 bits per heavy atom. The number of rotatable bonds is 6. The van der Waals surface area contributed by atoms with Crippen molar-refractivity contribution >= 4 is 42.6 Å². The van der Waals surface area contributed by atoms with Crippen molar-refractivity contribution < 1.29 is 13.2 Å². The van der Waals surface area contributed by atoms with Gasteiger partial charge in [-0.3, -0.25) is 14.7 Å². The zero-order valence-electron chi connectivity index (χ0n) is 20.3. The Hall–Kier alpha value is -3.14. The van der Waals surface area contributed by atoms with Crippen LogP contribution < -0.4 is 4.90 Å². The summed E-state index contributed by atoms with van der Waals surface area (Å²) in [6.45, 7) is 4.95. The van der Waals surface area contributed by atoms with Crippen molar-refractivity contribution in [3.8, 4) is 0 Å². The molecule has 0 spiro atoms. The lowest BCUT2D eigenvalue weighted by molar-refractivity contribution is -0.123. The van der Waals surface area contributed by atoms with Gasteiger partial charge < -0.3 is 0 Å². The molecule has 0 aliphatic carbocycles. The highest BCUT2D eigenvalue weighted by molar-refractivity contribution is 7.89. The van der Waals surface area contributed by atoms with Gasteiger partial charge in [0, 0.05) is 19.3 Å². The van der Waals surface area contributed by atoms with Crippen LogP contribution in [0.15, 0.2) is 71.8 Å². The summed E-state index contributed by atoms with van der Waals surface area (Å²) >= 11 is 1.48. The van der Waals surface area contributed by atoms with Gasteiger partial charge in [0.25, 0.3) is 0 Å². The first-order chi connectivity index (χ1) is 17.3. The number of sulfonamides is 1. The molecule has 186 valence electrons. The molecule has 1 aliphatic rings. The SMILES string of the molecule is Cc1cc2nc(N(Cc3ccccn3)C(=O)C3CCCN(S(=O)(=O)c4ccccc4)C3)sc2cc1C. The number of benzene rings is 2. The second-order valence-corrected chi connectivity index (χ2v) is 12.1. The fraction of sp³-hybridized carbons (Fsp3) is 0.296. The normalized spacial score (nSPS) is 16.8. The first kappa shape index (κ1) is 24.5. The van der Waals surface area contributed by atoms with Crippen molar-refractivity contribution in [2.45, 2.75) is 38.1 Å². The average molecular weight is 521 g/mol. The van der Waals surface area contributed by atoms with Crippen molar-refractivity contribution in [1.82, 2.24) is 14.3 Å². The summed E-state index contributed by atoms with van der Waals surface area (Å²) in [5.41, 5.74) is 3.93. The van der Waals surface area contributed by atoms with Crippen LogP contribution in [-0.4, -0.2) is 41.7 Å². The van der Waals surface area contributed by atoms with Gasteiger partial charge in [-0.05, 0) is 74.2 Å². The number of aromatic nitrogens is 2. The summed E-state index contributed by atoms with van der Waals surface area (Å²) in [7, 11) is -3.67. The predicted octanol–water partition coefficient (Wildman–Crippen LogP) is 4.94. The zero-order valence-corrected chi connectivity index (χ0v) is 21.9. The summed E-state index contributed by atoms with van der Waals surface area (Å²) in [5, 5.41) is 0.605. The van der Waals surface area contributed by atoms with Gasteiger partial charge in [-0.1, -0.05) is 35.6 Å². The molecule has 1 aliphatic heterocycles. The van der Waals surface area contributed by atoms with E-state index in [1.165, 1.54) is 21.2 Å². The summed E-state index contributed by atoms with van der Waals surface area (Å²) in [4.78, 5) is 25.1. The maximum Gasteiger partial charge on any atom is 0.243 e. The number of aryl methyl sites for hydroxylation is 2. The lowest BCUT2D eigenvalue weighted by Gasteiger charge is -2.33. The van der Waals surface area contributed by atoms with Gasteiger partial charge in [-0.25, -0.2) is 13.4 Å². The predicted molar refractivity (Wildman–Crippen MR) is 142 cm³/mol. The number of hydrogen-bond donors (Lipinski definition) is 0. The first-order valence-electron chi connectivity index (χ1n) is 12.0. The quantitative estimate of drug-likeness (QED) is 0.360. The molecule has 4 aromatic rings. The molecule has 3 heterocycles. The van der Waals surface area contributed by atoms with Gasteiger partial charge in [-0.2, -0.15) is 4.31 Å². The summed E-state index contributed by atoms with van der Waals surface area (Å²) in [5.74, 6) is -0.586. The van der Waals surface area contributed by atoms with E-state index in [9.17, 15) is 13.2 Å². The maximum atomic E-state index is 14.0. The van der Waals surface area contributed by atoms with E-state index in [2.05, 4.69) is 18.0 Å². The topological polar surface area (TPSA) is 83.5 Å². The number of fused-ring (bicyclic) bond motifs is 1. The van der Waals surface area contributed by atoms with Gasteiger partial charge >= 0.3 is 0 Å². The van der Waals surface area contributed by atoms with Gasteiger partial charge in [0.2, 0.25) is 15.9 Å². The summed E-state index contributed by atoms with van der Waals surface area (Å²) in [6.07, 6.45) is 2.96. The molecule has 36 heavy (non-hydrogen) atoms. The molecule has 0 N–H and O–H groups in total. The van der Waals surface area contributed by atoms with E-state index in [0.717, 1.165) is 21.5 Å². The number of thiazole rings is 1. The number of amides is 1. The third-order valence-corrected chi connectivity index (χ3v) is 9.57. The van der Waals surface area contributed by atoms with E-state index in [-0.39, 0.29) is 23.9 Å². The van der Waals surface area contributed by atoms with Gasteiger partial charge in [0.05, 0.1) is 33.3 Å². The van der Waals surface area contributed by atoms with Crippen molar-refractivity contribution in [3.05, 3.63) is 83.7 Å². The second-order valence-electron chi connectivity index (χ2n) is 9.16. The van der Waals surface area contributed by atoms with E-state index >= 15 is 0 Å². The molecular formula is C27H28N4O3S2. The minimum Gasteiger partial charge on any atom is -0.282 e. The van der Waals surface area contributed by atoms with Crippen molar-refractivity contribution in [2.75, 3.05) is 18.0 Å². The molecule has 1 unspecified atom stereocenters. The lowest BCUT2D eigenvalue weighted by Crippen LogP contribution is -2.46. The van der Waals surface area contributed by atoms with Crippen LogP contribution in [0, 0.1) is 19.8 Å². The molecule has 1 saturated heterocycles. The standard InChI is InChI=1S/C27H28N4O3S2/c1-19-15-24-25(16-20(19)2)35-27(29-24)31(18-22-10-6-7-13-28-22)26(32)21-9-8-14-30(17-21)36(33,34)23-11-4-3-5-12-23/h3-7,10-13,15-16,21H,8-9,14,17-18H2,1-2H3. The molecule has 2 aromatic heterocycles. The molecule has 7 nitrogen and oxygen atoms in total. The van der Waals surface area contributed by atoms with Crippen LogP contribution in [0.25, 0.3) is 10.2 Å². The molecule has 1 atom stereocenters. The van der Waals surface area contributed by atoms with Crippen LogP contribution in [0.5, 0.6) is 0 Å². The van der Waals surface area contributed by atoms with Gasteiger partial charge in [0.1, 0.15) is 0 Å². The van der Waals surface area contributed by atoms with Crippen LogP contribution in [0.1, 0.15) is 29.7 Å². The van der Waals surface area contributed by atoms with Gasteiger partial charge in [-0.15, -0.1) is 0 Å². The largest absolute Gasteiger partial charge is 0.282 e. The molecule has 0 radical (unpaired) electrons. The van der Waals surface area contributed by atoms with E-state index in [0.29, 0.717) is 24.5 Å². The number of pyridine rings is 1. The van der Waals surface area contributed by atoms with Crippen LogP contribution in [0.3, 0.4) is 0 Å².